The van der Waals surface area contributed by atoms with E-state index >= 15 is 0 Å². The molecule has 1 aliphatic heterocycles. The smallest absolute Gasteiger partial charge is 0.119 e. The Balaban J connectivity index is 1.66. The first-order valence-corrected chi connectivity index (χ1v) is 7.39. The molecule has 2 atom stereocenters. The fourth-order valence-corrected chi connectivity index (χ4v) is 2.66. The molecule has 0 aromatic heterocycles. The van der Waals surface area contributed by atoms with Gasteiger partial charge in [-0.2, -0.15) is 0 Å². The summed E-state index contributed by atoms with van der Waals surface area (Å²) in [6, 6.07) is 10.6. The lowest BCUT2D eigenvalue weighted by atomic mass is 9.91. The largest absolute Gasteiger partial charge is 0.494 e. The van der Waals surface area contributed by atoms with Gasteiger partial charge in [-0.15, -0.1) is 0 Å². The van der Waals surface area contributed by atoms with Crippen LogP contribution in [0.5, 0.6) is 5.75 Å². The predicted molar refractivity (Wildman–Crippen MR) is 77.6 cm³/mol. The van der Waals surface area contributed by atoms with Crippen molar-refractivity contribution in [3.63, 3.8) is 0 Å². The highest BCUT2D eigenvalue weighted by Gasteiger charge is 2.24. The molecular formula is C16H25NO2. The van der Waals surface area contributed by atoms with Crippen molar-refractivity contribution < 1.29 is 9.47 Å². The maximum atomic E-state index is 5.73. The number of para-hydroxylation sites is 1. The Kier molecular flexibility index (Phi) is 6.18. The molecule has 3 nitrogen and oxygen atoms in total. The van der Waals surface area contributed by atoms with E-state index in [1.54, 1.807) is 0 Å². The summed E-state index contributed by atoms with van der Waals surface area (Å²) in [5.74, 6) is 1.60. The Labute approximate surface area is 116 Å². The molecule has 0 radical (unpaired) electrons. The summed E-state index contributed by atoms with van der Waals surface area (Å²) in [5.41, 5.74) is 0. The van der Waals surface area contributed by atoms with Crippen LogP contribution in [0.25, 0.3) is 0 Å². The molecule has 2 unspecified atom stereocenters. The highest BCUT2D eigenvalue weighted by molar-refractivity contribution is 5.20. The van der Waals surface area contributed by atoms with E-state index in [-0.39, 0.29) is 0 Å². The number of nitrogens with one attached hydrogen (secondary N) is 1. The Morgan fingerprint density at radius 3 is 2.95 bits per heavy atom. The van der Waals surface area contributed by atoms with Crippen LogP contribution in [0.15, 0.2) is 30.3 Å². The molecule has 0 aliphatic carbocycles. The summed E-state index contributed by atoms with van der Waals surface area (Å²) in [5, 5.41) is 3.57. The Bertz CT molecular complexity index is 340. The van der Waals surface area contributed by atoms with Gasteiger partial charge in [0.1, 0.15) is 5.75 Å². The molecule has 106 valence electrons. The molecule has 1 aromatic rings. The van der Waals surface area contributed by atoms with Crippen LogP contribution < -0.4 is 10.1 Å². The Morgan fingerprint density at radius 1 is 1.32 bits per heavy atom. The first-order valence-electron chi connectivity index (χ1n) is 7.39. The zero-order valence-corrected chi connectivity index (χ0v) is 11.8. The van der Waals surface area contributed by atoms with Gasteiger partial charge in [-0.1, -0.05) is 25.1 Å². The van der Waals surface area contributed by atoms with E-state index < -0.39 is 0 Å². The summed E-state index contributed by atoms with van der Waals surface area (Å²) in [6.07, 6.45) is 3.40. The average Bonchev–Trinajstić information content (AvgIpc) is 2.47. The minimum Gasteiger partial charge on any atom is -0.494 e. The highest BCUT2D eigenvalue weighted by Crippen LogP contribution is 2.20. The van der Waals surface area contributed by atoms with E-state index in [9.17, 15) is 0 Å². The number of hydrogen-bond acceptors (Lipinski definition) is 3. The number of ether oxygens (including phenoxy) is 2. The van der Waals surface area contributed by atoms with Gasteiger partial charge in [-0.05, 0) is 43.9 Å². The molecule has 1 aliphatic rings. The monoisotopic (exact) mass is 263 g/mol. The first-order chi connectivity index (χ1) is 9.40. The second-order valence-electron chi connectivity index (χ2n) is 5.09. The third-order valence-electron chi connectivity index (χ3n) is 3.67. The third kappa shape index (κ3) is 4.84. The van der Waals surface area contributed by atoms with Gasteiger partial charge in [0.05, 0.1) is 13.2 Å². The lowest BCUT2D eigenvalue weighted by molar-refractivity contribution is 0.0272. The van der Waals surface area contributed by atoms with Crippen molar-refractivity contribution >= 4 is 0 Å². The van der Waals surface area contributed by atoms with Crippen LogP contribution in [-0.4, -0.2) is 32.4 Å². The lowest BCUT2D eigenvalue weighted by Crippen LogP contribution is -2.42. The normalized spacial score (nSPS) is 23.2. The molecule has 0 spiro atoms. The van der Waals surface area contributed by atoms with Crippen LogP contribution in [0.4, 0.5) is 0 Å². The van der Waals surface area contributed by atoms with E-state index in [1.807, 2.05) is 30.3 Å². The molecule has 0 bridgehead atoms. The van der Waals surface area contributed by atoms with Gasteiger partial charge in [0.15, 0.2) is 0 Å². The van der Waals surface area contributed by atoms with Crippen LogP contribution in [-0.2, 0) is 4.74 Å². The second-order valence-corrected chi connectivity index (χ2v) is 5.09. The Morgan fingerprint density at radius 2 is 2.16 bits per heavy atom. The molecule has 0 saturated carbocycles. The molecular weight excluding hydrogens is 238 g/mol. The molecule has 1 N–H and O–H groups in total. The Hall–Kier alpha value is -1.06. The minimum absolute atomic E-state index is 0.621. The van der Waals surface area contributed by atoms with Gasteiger partial charge in [0.2, 0.25) is 0 Å². The van der Waals surface area contributed by atoms with Gasteiger partial charge in [0.25, 0.3) is 0 Å². The van der Waals surface area contributed by atoms with Crippen molar-refractivity contribution in [1.29, 1.82) is 0 Å². The first kappa shape index (κ1) is 14.4. The zero-order chi connectivity index (χ0) is 13.3. The van der Waals surface area contributed by atoms with Gasteiger partial charge >= 0.3 is 0 Å². The van der Waals surface area contributed by atoms with Crippen molar-refractivity contribution in [3.8, 4) is 5.75 Å². The summed E-state index contributed by atoms with van der Waals surface area (Å²) in [6.45, 7) is 5.80. The topological polar surface area (TPSA) is 30.5 Å². The molecule has 1 aromatic carbocycles. The lowest BCUT2D eigenvalue weighted by Gasteiger charge is -2.32. The number of rotatable bonds is 7. The van der Waals surface area contributed by atoms with Crippen LogP contribution in [0.1, 0.15) is 26.2 Å². The van der Waals surface area contributed by atoms with Gasteiger partial charge in [-0.25, -0.2) is 0 Å². The van der Waals surface area contributed by atoms with Gasteiger partial charge < -0.3 is 14.8 Å². The quantitative estimate of drug-likeness (QED) is 0.767. The van der Waals surface area contributed by atoms with Crippen molar-refractivity contribution in [2.75, 3.05) is 26.4 Å². The molecule has 1 fully saturated rings. The van der Waals surface area contributed by atoms with E-state index in [2.05, 4.69) is 12.2 Å². The van der Waals surface area contributed by atoms with E-state index in [0.29, 0.717) is 12.0 Å². The summed E-state index contributed by atoms with van der Waals surface area (Å²) >= 11 is 0. The molecule has 1 heterocycles. The number of benzene rings is 1. The van der Waals surface area contributed by atoms with Crippen molar-refractivity contribution in [1.82, 2.24) is 5.32 Å². The predicted octanol–water partition coefficient (Wildman–Crippen LogP) is 2.86. The van der Waals surface area contributed by atoms with Crippen LogP contribution in [0.2, 0.25) is 0 Å². The van der Waals surface area contributed by atoms with Crippen LogP contribution in [0, 0.1) is 5.92 Å². The van der Waals surface area contributed by atoms with E-state index in [0.717, 1.165) is 45.0 Å². The zero-order valence-electron chi connectivity index (χ0n) is 11.8. The van der Waals surface area contributed by atoms with Gasteiger partial charge in [0, 0.05) is 12.6 Å². The summed E-state index contributed by atoms with van der Waals surface area (Å²) < 4.78 is 11.3. The standard InChI is InChI=1S/C16H25NO2/c1-2-17-16-10-12-18-13-14(16)7-6-11-19-15-8-4-3-5-9-15/h3-5,8-9,14,16-17H,2,6-7,10-13H2,1H3. The molecule has 19 heavy (non-hydrogen) atoms. The summed E-state index contributed by atoms with van der Waals surface area (Å²) in [7, 11) is 0. The molecule has 3 heteroatoms. The maximum absolute atomic E-state index is 5.73. The maximum Gasteiger partial charge on any atom is 0.119 e. The highest BCUT2D eigenvalue weighted by atomic mass is 16.5. The average molecular weight is 263 g/mol. The summed E-state index contributed by atoms with van der Waals surface area (Å²) in [4.78, 5) is 0. The van der Waals surface area contributed by atoms with E-state index in [4.69, 9.17) is 9.47 Å². The van der Waals surface area contributed by atoms with Crippen LogP contribution >= 0.6 is 0 Å². The number of hydrogen-bond donors (Lipinski definition) is 1. The minimum atomic E-state index is 0.621. The van der Waals surface area contributed by atoms with Crippen LogP contribution in [0.3, 0.4) is 0 Å². The molecule has 1 saturated heterocycles. The van der Waals surface area contributed by atoms with Crippen molar-refractivity contribution in [2.45, 2.75) is 32.2 Å². The fraction of sp³-hybridized carbons (Fsp3) is 0.625. The SMILES string of the molecule is CCNC1CCOCC1CCCOc1ccccc1. The molecule has 2 rings (SSSR count). The fourth-order valence-electron chi connectivity index (χ4n) is 2.66. The van der Waals surface area contributed by atoms with Gasteiger partial charge in [-0.3, -0.25) is 0 Å². The van der Waals surface area contributed by atoms with Crippen molar-refractivity contribution in [2.24, 2.45) is 5.92 Å². The molecule has 0 amide bonds. The van der Waals surface area contributed by atoms with Crippen molar-refractivity contribution in [3.05, 3.63) is 30.3 Å². The van der Waals surface area contributed by atoms with E-state index in [1.165, 1.54) is 6.42 Å². The second kappa shape index (κ2) is 8.18. The third-order valence-corrected chi connectivity index (χ3v) is 3.67.